The SMILES string of the molecule is CC(C)(C)/C(N)=C/C(=Nc1ccc(CO)cc1)NC(=O)N[C@H]1CC[C@@H](Oc2ccc(=N)n(C(=N)N3CCC(O)CC3)c2)c2ccccc21. The lowest BCUT2D eigenvalue weighted by Crippen LogP contribution is -2.45. The number of ether oxygens (including phenoxy) is 1. The van der Waals surface area contributed by atoms with Crippen molar-refractivity contribution in [3.63, 3.8) is 0 Å². The van der Waals surface area contributed by atoms with Crippen molar-refractivity contribution in [3.8, 4) is 5.75 Å². The minimum absolute atomic E-state index is 0.0729. The number of urea groups is 1. The molecule has 0 radical (unpaired) electrons. The van der Waals surface area contributed by atoms with E-state index in [1.54, 1.807) is 48.7 Å². The fraction of sp³-hybridized carbons (Fsp3) is 0.389. The minimum atomic E-state index is -0.423. The average Bonchev–Trinajstić information content (AvgIpc) is 3.06. The van der Waals surface area contributed by atoms with Crippen molar-refractivity contribution < 1.29 is 19.7 Å². The Morgan fingerprint density at radius 2 is 1.73 bits per heavy atom. The third-order valence-electron chi connectivity index (χ3n) is 8.70. The highest BCUT2D eigenvalue weighted by atomic mass is 16.5. The van der Waals surface area contributed by atoms with Gasteiger partial charge >= 0.3 is 6.03 Å². The molecule has 1 aliphatic carbocycles. The number of nitrogens with one attached hydrogen (secondary N) is 4. The molecule has 1 saturated heterocycles. The lowest BCUT2D eigenvalue weighted by Gasteiger charge is -2.33. The number of aliphatic imine (C=N–C) groups is 1. The maximum atomic E-state index is 13.4. The smallest absolute Gasteiger partial charge is 0.320 e. The van der Waals surface area contributed by atoms with Gasteiger partial charge in [-0.3, -0.25) is 20.7 Å². The molecule has 48 heavy (non-hydrogen) atoms. The zero-order chi connectivity index (χ0) is 34.4. The van der Waals surface area contributed by atoms with Gasteiger partial charge in [-0.05, 0) is 66.6 Å². The zero-order valence-corrected chi connectivity index (χ0v) is 27.7. The zero-order valence-electron chi connectivity index (χ0n) is 27.7. The standard InChI is InChI=1S/C36H46N8O4/c1-36(2,3)31(37)20-33(40-24-10-8-23(22-45)9-11-24)42-35(47)41-29-13-14-30(28-7-5-4-6-27(28)29)48-26-12-15-32(38)44(21-26)34(39)43-18-16-25(46)17-19-43/h4-12,15,20-21,25,29-30,38-39,45-46H,13-14,16-19,22,37H2,1-3H3,(H2,40,41,42,47)/b31-20-,38-32?,39-34?/t29-,30+/m0/s1. The summed E-state index contributed by atoms with van der Waals surface area (Å²) in [5.41, 5.74) is 10.00. The fourth-order valence-electron chi connectivity index (χ4n) is 5.73. The molecule has 2 heterocycles. The maximum Gasteiger partial charge on any atom is 0.320 e. The first-order valence-electron chi connectivity index (χ1n) is 16.3. The first-order valence-corrected chi connectivity index (χ1v) is 16.3. The Morgan fingerprint density at radius 3 is 2.40 bits per heavy atom. The fourth-order valence-corrected chi connectivity index (χ4v) is 5.73. The van der Waals surface area contributed by atoms with E-state index < -0.39 is 6.03 Å². The van der Waals surface area contributed by atoms with Gasteiger partial charge in [0, 0.05) is 30.3 Å². The summed E-state index contributed by atoms with van der Waals surface area (Å²) in [5, 5.41) is 42.3. The van der Waals surface area contributed by atoms with Gasteiger partial charge < -0.3 is 30.9 Å². The molecule has 2 atom stereocenters. The van der Waals surface area contributed by atoms with Crippen LogP contribution in [0.3, 0.4) is 0 Å². The molecule has 12 nitrogen and oxygen atoms in total. The van der Waals surface area contributed by atoms with Gasteiger partial charge in [-0.25, -0.2) is 9.79 Å². The topological polar surface area (TPSA) is 185 Å². The number of amidine groups is 1. The third-order valence-corrected chi connectivity index (χ3v) is 8.70. The molecule has 0 bridgehead atoms. The van der Waals surface area contributed by atoms with Crippen molar-refractivity contribution in [3.05, 3.63) is 101 Å². The summed E-state index contributed by atoms with van der Waals surface area (Å²) in [6, 6.07) is 17.6. The van der Waals surface area contributed by atoms with Crippen molar-refractivity contribution in [2.45, 2.75) is 71.3 Å². The van der Waals surface area contributed by atoms with Crippen LogP contribution in [0.5, 0.6) is 5.75 Å². The number of carbonyl (C=O) groups excluding carboxylic acids is 1. The number of likely N-dealkylation sites (tertiary alicyclic amines) is 1. The summed E-state index contributed by atoms with van der Waals surface area (Å²) in [6.07, 6.45) is 5.12. The van der Waals surface area contributed by atoms with Crippen LogP contribution >= 0.6 is 0 Å². The number of benzene rings is 2. The van der Waals surface area contributed by atoms with Crippen LogP contribution in [0, 0.1) is 16.2 Å². The number of hydrogen-bond donors (Lipinski definition) is 7. The van der Waals surface area contributed by atoms with E-state index in [9.17, 15) is 15.0 Å². The van der Waals surface area contributed by atoms with Gasteiger partial charge in [0.1, 0.15) is 23.2 Å². The van der Waals surface area contributed by atoms with E-state index >= 15 is 0 Å². The summed E-state index contributed by atoms with van der Waals surface area (Å²) in [4.78, 5) is 19.9. The summed E-state index contributed by atoms with van der Waals surface area (Å²) >= 11 is 0. The number of aliphatic hydroxyl groups excluding tert-OH is 2. The van der Waals surface area contributed by atoms with Gasteiger partial charge in [0.25, 0.3) is 0 Å². The second-order valence-electron chi connectivity index (χ2n) is 13.3. The van der Waals surface area contributed by atoms with E-state index in [2.05, 4.69) is 15.6 Å². The lowest BCUT2D eigenvalue weighted by atomic mass is 9.85. The normalized spacial score (nSPS) is 19.0. The number of nitrogens with zero attached hydrogens (tertiary/aromatic N) is 3. The van der Waals surface area contributed by atoms with E-state index in [0.717, 1.165) is 16.7 Å². The van der Waals surface area contributed by atoms with Crippen LogP contribution in [0.1, 0.15) is 75.3 Å². The third kappa shape index (κ3) is 8.50. The first kappa shape index (κ1) is 34.4. The Bertz CT molecular complexity index is 1730. The largest absolute Gasteiger partial charge is 0.484 e. The quantitative estimate of drug-likeness (QED) is 0.151. The number of hydrogen-bond acceptors (Lipinski definition) is 8. The number of carbonyl (C=O) groups is 1. The second kappa shape index (κ2) is 14.9. The van der Waals surface area contributed by atoms with Crippen LogP contribution in [0.15, 0.2) is 83.6 Å². The van der Waals surface area contributed by atoms with Crippen molar-refractivity contribution in [1.82, 2.24) is 20.1 Å². The number of aliphatic hydroxyl groups is 2. The van der Waals surface area contributed by atoms with E-state index in [4.69, 9.17) is 21.3 Å². The molecule has 2 aromatic carbocycles. The second-order valence-corrected chi connectivity index (χ2v) is 13.3. The van der Waals surface area contributed by atoms with Crippen molar-refractivity contribution in [2.24, 2.45) is 16.1 Å². The van der Waals surface area contributed by atoms with E-state index in [-0.39, 0.29) is 41.7 Å². The van der Waals surface area contributed by atoms with Crippen LogP contribution in [-0.2, 0) is 6.61 Å². The van der Waals surface area contributed by atoms with Gasteiger partial charge in [0.2, 0.25) is 5.96 Å². The first-order chi connectivity index (χ1) is 22.9. The number of piperidine rings is 1. The van der Waals surface area contributed by atoms with E-state index in [1.807, 2.05) is 49.9 Å². The van der Waals surface area contributed by atoms with Crippen molar-refractivity contribution in [1.29, 1.82) is 10.8 Å². The van der Waals surface area contributed by atoms with Crippen LogP contribution < -0.4 is 26.6 Å². The number of nitrogens with two attached hydrogens (primary N) is 1. The van der Waals surface area contributed by atoms with Crippen molar-refractivity contribution >= 4 is 23.5 Å². The number of amides is 2. The number of aromatic nitrogens is 1. The number of rotatable bonds is 6. The molecule has 1 aliphatic heterocycles. The molecule has 8 N–H and O–H groups in total. The molecule has 0 spiro atoms. The Kier molecular flexibility index (Phi) is 10.7. The van der Waals surface area contributed by atoms with E-state index in [0.29, 0.717) is 61.7 Å². The molecule has 1 fully saturated rings. The Morgan fingerprint density at radius 1 is 1.04 bits per heavy atom. The highest BCUT2D eigenvalue weighted by molar-refractivity contribution is 6.05. The minimum Gasteiger partial charge on any atom is -0.484 e. The summed E-state index contributed by atoms with van der Waals surface area (Å²) in [7, 11) is 0. The molecule has 1 aromatic heterocycles. The predicted molar refractivity (Wildman–Crippen MR) is 185 cm³/mol. The lowest BCUT2D eigenvalue weighted by molar-refractivity contribution is 0.107. The molecule has 254 valence electrons. The Labute approximate surface area is 281 Å². The summed E-state index contributed by atoms with van der Waals surface area (Å²) in [5.74, 6) is 1.01. The average molecular weight is 655 g/mol. The van der Waals surface area contributed by atoms with Gasteiger partial charge in [-0.15, -0.1) is 0 Å². The number of allylic oxidation sites excluding steroid dienone is 1. The van der Waals surface area contributed by atoms with Crippen LogP contribution in [-0.4, -0.2) is 56.7 Å². The molecule has 0 unspecified atom stereocenters. The van der Waals surface area contributed by atoms with Gasteiger partial charge in [0.05, 0.1) is 30.6 Å². The Balaban J connectivity index is 1.31. The summed E-state index contributed by atoms with van der Waals surface area (Å²) < 4.78 is 7.96. The summed E-state index contributed by atoms with van der Waals surface area (Å²) in [6.45, 7) is 6.99. The molecule has 2 amide bonds. The van der Waals surface area contributed by atoms with Crippen LogP contribution in [0.4, 0.5) is 10.5 Å². The van der Waals surface area contributed by atoms with Gasteiger partial charge in [-0.2, -0.15) is 0 Å². The van der Waals surface area contributed by atoms with Crippen LogP contribution in [0.2, 0.25) is 0 Å². The molecular formula is C36H46N8O4. The number of pyridine rings is 1. The van der Waals surface area contributed by atoms with Gasteiger partial charge in [-0.1, -0.05) is 57.2 Å². The Hall–Kier alpha value is -4.94. The molecule has 0 saturated carbocycles. The predicted octanol–water partition coefficient (Wildman–Crippen LogP) is 4.57. The highest BCUT2D eigenvalue weighted by Gasteiger charge is 2.30. The van der Waals surface area contributed by atoms with Crippen LogP contribution in [0.25, 0.3) is 0 Å². The molecule has 5 rings (SSSR count). The molecule has 3 aromatic rings. The van der Waals surface area contributed by atoms with Crippen molar-refractivity contribution in [2.75, 3.05) is 13.1 Å². The molecule has 12 heteroatoms. The highest BCUT2D eigenvalue weighted by Crippen LogP contribution is 2.38. The van der Waals surface area contributed by atoms with E-state index in [1.165, 1.54) is 4.57 Å². The monoisotopic (exact) mass is 654 g/mol. The number of fused-ring (bicyclic) bond motifs is 1. The molecular weight excluding hydrogens is 608 g/mol. The maximum absolute atomic E-state index is 13.4. The molecule has 2 aliphatic rings. The van der Waals surface area contributed by atoms with Gasteiger partial charge in [0.15, 0.2) is 0 Å².